The fourth-order valence-electron chi connectivity index (χ4n) is 3.73. The Bertz CT molecular complexity index is 660. The van der Waals surface area contributed by atoms with Crippen molar-refractivity contribution in [1.82, 2.24) is 30.2 Å². The van der Waals surface area contributed by atoms with Gasteiger partial charge in [-0.15, -0.1) is 31.4 Å². The van der Waals surface area contributed by atoms with E-state index in [2.05, 4.69) is 27.2 Å². The van der Waals surface area contributed by atoms with Gasteiger partial charge in [0.2, 0.25) is 11.8 Å². The lowest BCUT2D eigenvalue weighted by atomic mass is 9.89. The van der Waals surface area contributed by atoms with Crippen LogP contribution in [-0.2, 0) is 16.6 Å². The monoisotopic (exact) mass is 432 g/mol. The Morgan fingerprint density at radius 1 is 1.29 bits per heavy atom. The number of aryl methyl sites for hydroxylation is 1. The summed E-state index contributed by atoms with van der Waals surface area (Å²) in [4.78, 5) is 28.8. The maximum Gasteiger partial charge on any atom is 0.234 e. The molecule has 0 saturated carbocycles. The largest absolute Gasteiger partial charge is 0.352 e. The molecular weight excluding hydrogens is 403 g/mol. The van der Waals surface area contributed by atoms with E-state index >= 15 is 0 Å². The van der Waals surface area contributed by atoms with Gasteiger partial charge in [0.15, 0.2) is 0 Å². The van der Waals surface area contributed by atoms with Crippen LogP contribution in [0.25, 0.3) is 0 Å². The second kappa shape index (κ2) is 11.4. The molecule has 2 aliphatic rings. The Balaban J connectivity index is 0.00000196. The highest BCUT2D eigenvalue weighted by molar-refractivity contribution is 5.85. The minimum absolute atomic E-state index is 0. The van der Waals surface area contributed by atoms with E-state index in [0.717, 1.165) is 25.2 Å². The van der Waals surface area contributed by atoms with E-state index < -0.39 is 0 Å². The summed E-state index contributed by atoms with van der Waals surface area (Å²) in [5.41, 5.74) is 1.12. The van der Waals surface area contributed by atoms with Crippen molar-refractivity contribution >= 4 is 36.6 Å². The number of piperazine rings is 1. The first kappa shape index (κ1) is 24.4. The van der Waals surface area contributed by atoms with Crippen LogP contribution < -0.4 is 10.6 Å². The number of rotatable bonds is 6. The van der Waals surface area contributed by atoms with Gasteiger partial charge < -0.3 is 15.5 Å². The second-order valence-corrected chi connectivity index (χ2v) is 7.01. The molecule has 2 atom stereocenters. The molecule has 158 valence electrons. The predicted molar refractivity (Wildman–Crippen MR) is 113 cm³/mol. The molecule has 10 heteroatoms. The third-order valence-corrected chi connectivity index (χ3v) is 5.18. The second-order valence-electron chi connectivity index (χ2n) is 7.01. The first-order valence-electron chi connectivity index (χ1n) is 9.16. The highest BCUT2D eigenvalue weighted by atomic mass is 35.5. The number of hydrogen-bond acceptors (Lipinski definition) is 5. The molecule has 1 aromatic heterocycles. The van der Waals surface area contributed by atoms with Gasteiger partial charge in [-0.2, -0.15) is 5.10 Å². The number of halogens is 2. The standard InChI is InChI=1S/C18H28N6O2.2ClH/c1-3-4-20-17(25)13-23-5-7-24(8-6-23)18(26)16-11-19-10-15(16)14-9-21-22(2)12-14;;/h3,9,12,15-16,19H,1,4-8,10-11,13H2,2H3,(H,20,25);2*1H/t15-,16+;;/m1../s1. The SMILES string of the molecule is C=CCNC(=O)CN1CCN(C(=O)[C@H]2CNC[C@@H]2c2cnn(C)c2)CC1.Cl.Cl. The van der Waals surface area contributed by atoms with Crippen molar-refractivity contribution in [3.8, 4) is 0 Å². The molecule has 1 aromatic rings. The Morgan fingerprint density at radius 2 is 2.00 bits per heavy atom. The maximum atomic E-state index is 13.0. The minimum atomic E-state index is -0.0401. The zero-order chi connectivity index (χ0) is 18.5. The van der Waals surface area contributed by atoms with Crippen LogP contribution in [0.15, 0.2) is 25.0 Å². The van der Waals surface area contributed by atoms with E-state index in [4.69, 9.17) is 0 Å². The zero-order valence-electron chi connectivity index (χ0n) is 16.2. The first-order valence-corrected chi connectivity index (χ1v) is 9.16. The van der Waals surface area contributed by atoms with Gasteiger partial charge in [-0.3, -0.25) is 19.2 Å². The number of aromatic nitrogens is 2. The van der Waals surface area contributed by atoms with Crippen LogP contribution in [0.2, 0.25) is 0 Å². The van der Waals surface area contributed by atoms with E-state index in [9.17, 15) is 9.59 Å². The average Bonchev–Trinajstić information content (AvgIpc) is 3.28. The molecule has 28 heavy (non-hydrogen) atoms. The zero-order valence-corrected chi connectivity index (χ0v) is 17.8. The van der Waals surface area contributed by atoms with Crippen LogP contribution in [0.5, 0.6) is 0 Å². The van der Waals surface area contributed by atoms with Gasteiger partial charge in [-0.05, 0) is 5.56 Å². The molecule has 2 saturated heterocycles. The topological polar surface area (TPSA) is 82.5 Å². The van der Waals surface area contributed by atoms with Crippen molar-refractivity contribution in [2.24, 2.45) is 13.0 Å². The third-order valence-electron chi connectivity index (χ3n) is 5.18. The molecule has 0 spiro atoms. The summed E-state index contributed by atoms with van der Waals surface area (Å²) >= 11 is 0. The number of nitrogens with zero attached hydrogens (tertiary/aromatic N) is 4. The fraction of sp³-hybridized carbons (Fsp3) is 0.611. The lowest BCUT2D eigenvalue weighted by Crippen LogP contribution is -2.52. The van der Waals surface area contributed by atoms with Crippen molar-refractivity contribution in [1.29, 1.82) is 0 Å². The summed E-state index contributed by atoms with van der Waals surface area (Å²) in [5, 5.41) is 10.4. The molecule has 2 fully saturated rings. The van der Waals surface area contributed by atoms with Crippen LogP contribution in [0, 0.1) is 5.92 Å². The summed E-state index contributed by atoms with van der Waals surface area (Å²) in [6, 6.07) is 0. The van der Waals surface area contributed by atoms with E-state index in [1.165, 1.54) is 0 Å². The molecule has 0 aromatic carbocycles. The van der Waals surface area contributed by atoms with Gasteiger partial charge in [-0.1, -0.05) is 6.08 Å². The first-order chi connectivity index (χ1) is 12.6. The summed E-state index contributed by atoms with van der Waals surface area (Å²) in [5.74, 6) is 0.349. The number of hydrogen-bond donors (Lipinski definition) is 2. The number of carbonyl (C=O) groups is 2. The van der Waals surface area contributed by atoms with E-state index in [1.807, 2.05) is 24.3 Å². The van der Waals surface area contributed by atoms with Crippen molar-refractivity contribution in [2.75, 3.05) is 52.4 Å². The molecule has 2 aliphatic heterocycles. The number of nitrogens with one attached hydrogen (secondary N) is 2. The summed E-state index contributed by atoms with van der Waals surface area (Å²) in [6.07, 6.45) is 5.53. The fourth-order valence-corrected chi connectivity index (χ4v) is 3.73. The van der Waals surface area contributed by atoms with Crippen LogP contribution in [0.1, 0.15) is 11.5 Å². The summed E-state index contributed by atoms with van der Waals surface area (Å²) in [6.45, 7) is 8.77. The number of amides is 2. The lowest BCUT2D eigenvalue weighted by molar-refractivity contribution is -0.137. The molecule has 2 amide bonds. The van der Waals surface area contributed by atoms with Crippen molar-refractivity contribution < 1.29 is 9.59 Å². The Hall–Kier alpha value is -1.61. The summed E-state index contributed by atoms with van der Waals surface area (Å²) < 4.78 is 1.78. The van der Waals surface area contributed by atoms with Crippen LogP contribution in [-0.4, -0.2) is 83.8 Å². The Kier molecular flexibility index (Phi) is 9.95. The van der Waals surface area contributed by atoms with E-state index in [0.29, 0.717) is 32.7 Å². The molecule has 0 aliphatic carbocycles. The average molecular weight is 433 g/mol. The molecule has 0 bridgehead atoms. The number of carbonyl (C=O) groups excluding carboxylic acids is 2. The van der Waals surface area contributed by atoms with Crippen molar-refractivity contribution in [3.63, 3.8) is 0 Å². The smallest absolute Gasteiger partial charge is 0.234 e. The molecule has 8 nitrogen and oxygen atoms in total. The van der Waals surface area contributed by atoms with Gasteiger partial charge in [0.25, 0.3) is 0 Å². The maximum absolute atomic E-state index is 13.0. The van der Waals surface area contributed by atoms with Gasteiger partial charge in [0, 0.05) is 65.0 Å². The Labute approximate surface area is 178 Å². The summed E-state index contributed by atoms with van der Waals surface area (Å²) in [7, 11) is 1.90. The highest BCUT2D eigenvalue weighted by Gasteiger charge is 2.37. The van der Waals surface area contributed by atoms with Crippen LogP contribution in [0.3, 0.4) is 0 Å². The van der Waals surface area contributed by atoms with Gasteiger partial charge in [-0.25, -0.2) is 0 Å². The Morgan fingerprint density at radius 3 is 2.61 bits per heavy atom. The molecule has 2 N–H and O–H groups in total. The van der Waals surface area contributed by atoms with E-state index in [-0.39, 0.29) is 48.5 Å². The van der Waals surface area contributed by atoms with Crippen LogP contribution >= 0.6 is 24.8 Å². The minimum Gasteiger partial charge on any atom is -0.352 e. The molecule has 3 heterocycles. The van der Waals surface area contributed by atoms with Crippen molar-refractivity contribution in [2.45, 2.75) is 5.92 Å². The normalized spacial score (nSPS) is 22.1. The predicted octanol–water partition coefficient (Wildman–Crippen LogP) is 0.0131. The van der Waals surface area contributed by atoms with Gasteiger partial charge >= 0.3 is 0 Å². The molecular formula is C18H30Cl2N6O2. The highest BCUT2D eigenvalue weighted by Crippen LogP contribution is 2.29. The molecule has 0 radical (unpaired) electrons. The van der Waals surface area contributed by atoms with Crippen LogP contribution in [0.4, 0.5) is 0 Å². The molecule has 3 rings (SSSR count). The quantitative estimate of drug-likeness (QED) is 0.618. The van der Waals surface area contributed by atoms with Gasteiger partial charge in [0.1, 0.15) is 0 Å². The third kappa shape index (κ3) is 5.94. The van der Waals surface area contributed by atoms with Crippen molar-refractivity contribution in [3.05, 3.63) is 30.6 Å². The van der Waals surface area contributed by atoms with Gasteiger partial charge in [0.05, 0.1) is 18.7 Å². The van der Waals surface area contributed by atoms with E-state index in [1.54, 1.807) is 10.8 Å². The lowest BCUT2D eigenvalue weighted by Gasteiger charge is -2.36. The molecule has 0 unspecified atom stereocenters.